The summed E-state index contributed by atoms with van der Waals surface area (Å²) in [5, 5.41) is 5.92. The van der Waals surface area contributed by atoms with Crippen LogP contribution in [0.2, 0.25) is 0 Å². The lowest BCUT2D eigenvalue weighted by molar-refractivity contribution is -0.121. The minimum absolute atomic E-state index is 0.0481. The molecule has 10 heteroatoms. The van der Waals surface area contributed by atoms with Crippen LogP contribution in [0.3, 0.4) is 0 Å². The number of nitrogens with one attached hydrogen (secondary N) is 2. The normalized spacial score (nSPS) is 11.3. The van der Waals surface area contributed by atoms with Gasteiger partial charge in [-0.05, 0) is 12.1 Å². The first-order chi connectivity index (χ1) is 14.7. The minimum Gasteiger partial charge on any atom is -0.444 e. The summed E-state index contributed by atoms with van der Waals surface area (Å²) in [7, 11) is 0. The molecule has 164 valence electrons. The van der Waals surface area contributed by atoms with Gasteiger partial charge in [-0.25, -0.2) is 9.97 Å². The summed E-state index contributed by atoms with van der Waals surface area (Å²) in [4.78, 5) is 32.7. The molecule has 1 aromatic carbocycles. The van der Waals surface area contributed by atoms with Gasteiger partial charge in [0.05, 0.1) is 33.7 Å². The number of hydrogen-bond donors (Lipinski definition) is 3. The van der Waals surface area contributed by atoms with Crippen LogP contribution in [-0.2, 0) is 20.8 Å². The third kappa shape index (κ3) is 6.83. The summed E-state index contributed by atoms with van der Waals surface area (Å²) < 4.78 is 6.72. The highest BCUT2D eigenvalue weighted by molar-refractivity contribution is 8.00. The molecule has 0 atom stereocenters. The van der Waals surface area contributed by atoms with Crippen LogP contribution in [0.4, 0.5) is 16.5 Å². The lowest BCUT2D eigenvalue weighted by Crippen LogP contribution is -2.17. The molecule has 0 radical (unpaired) electrons. The number of oxazole rings is 1. The van der Waals surface area contributed by atoms with E-state index in [1.807, 2.05) is 0 Å². The van der Waals surface area contributed by atoms with Crippen LogP contribution in [0, 0.1) is 0 Å². The quantitative estimate of drug-likeness (QED) is 0.331. The molecular weight excluding hydrogens is 434 g/mol. The van der Waals surface area contributed by atoms with Gasteiger partial charge in [-0.3, -0.25) is 9.59 Å². The van der Waals surface area contributed by atoms with Crippen molar-refractivity contribution in [3.8, 4) is 0 Å². The van der Waals surface area contributed by atoms with E-state index in [2.05, 4.69) is 41.4 Å². The van der Waals surface area contributed by atoms with Crippen LogP contribution in [-0.4, -0.2) is 21.8 Å². The largest absolute Gasteiger partial charge is 0.444 e. The molecule has 0 aliphatic carbocycles. The fourth-order valence-corrected chi connectivity index (χ4v) is 4.21. The Bertz CT molecular complexity index is 1060. The molecule has 0 spiro atoms. The van der Waals surface area contributed by atoms with Gasteiger partial charge < -0.3 is 20.8 Å². The van der Waals surface area contributed by atoms with Crippen LogP contribution in [0.15, 0.2) is 45.3 Å². The van der Waals surface area contributed by atoms with Crippen LogP contribution in [0.5, 0.6) is 0 Å². The molecule has 8 nitrogen and oxygen atoms in total. The Morgan fingerprint density at radius 2 is 1.81 bits per heavy atom. The second-order valence-electron chi connectivity index (χ2n) is 7.82. The van der Waals surface area contributed by atoms with E-state index in [1.54, 1.807) is 36.7 Å². The molecule has 31 heavy (non-hydrogen) atoms. The Labute approximate surface area is 189 Å². The first kappa shape index (κ1) is 22.8. The van der Waals surface area contributed by atoms with E-state index in [0.29, 0.717) is 28.1 Å². The maximum Gasteiger partial charge on any atom is 0.226 e. The summed E-state index contributed by atoms with van der Waals surface area (Å²) in [6, 6.07) is 6.98. The van der Waals surface area contributed by atoms with Crippen molar-refractivity contribution in [2.45, 2.75) is 49.0 Å². The van der Waals surface area contributed by atoms with Crippen molar-refractivity contribution < 1.29 is 14.0 Å². The number of rotatable bonds is 8. The van der Waals surface area contributed by atoms with E-state index < -0.39 is 0 Å². The number of anilines is 3. The predicted molar refractivity (Wildman–Crippen MR) is 124 cm³/mol. The summed E-state index contributed by atoms with van der Waals surface area (Å²) >= 11 is 2.90. The van der Waals surface area contributed by atoms with Crippen molar-refractivity contribution in [3.05, 3.63) is 48.3 Å². The molecule has 0 saturated heterocycles. The molecule has 3 rings (SSSR count). The van der Waals surface area contributed by atoms with Crippen LogP contribution >= 0.6 is 23.1 Å². The SMILES string of the molecule is CC(C)(C)c1cnc(CSc2cnc(NC(=O)CCC(=O)Nc3ccccc3N)s2)o1. The number of carbonyl (C=O) groups is 2. The van der Waals surface area contributed by atoms with E-state index in [-0.39, 0.29) is 30.1 Å². The highest BCUT2D eigenvalue weighted by Crippen LogP contribution is 2.31. The maximum atomic E-state index is 12.1. The van der Waals surface area contributed by atoms with Gasteiger partial charge >= 0.3 is 0 Å². The van der Waals surface area contributed by atoms with Crippen molar-refractivity contribution in [1.82, 2.24) is 9.97 Å². The number of thiazole rings is 1. The second kappa shape index (κ2) is 9.97. The molecule has 0 saturated carbocycles. The number of nitrogens with two attached hydrogens (primary N) is 1. The summed E-state index contributed by atoms with van der Waals surface area (Å²) in [5.74, 6) is 1.53. The van der Waals surface area contributed by atoms with Crippen LogP contribution in [0.1, 0.15) is 45.3 Å². The molecule has 2 aromatic heterocycles. The van der Waals surface area contributed by atoms with Gasteiger partial charge in [0.25, 0.3) is 0 Å². The standard InChI is InChI=1S/C21H25N5O3S2/c1-21(2,3)15-10-23-18(29-15)12-30-19-11-24-20(31-19)26-17(28)9-8-16(27)25-14-7-5-4-6-13(14)22/h4-7,10-11H,8-9,12,22H2,1-3H3,(H,25,27)(H,24,26,28). The summed E-state index contributed by atoms with van der Waals surface area (Å²) in [6.45, 7) is 6.22. The van der Waals surface area contributed by atoms with Gasteiger partial charge in [-0.2, -0.15) is 0 Å². The first-order valence-electron chi connectivity index (χ1n) is 9.69. The van der Waals surface area contributed by atoms with Crippen molar-refractivity contribution in [3.63, 3.8) is 0 Å². The van der Waals surface area contributed by atoms with Crippen LogP contribution in [0.25, 0.3) is 0 Å². The number of aromatic nitrogens is 2. The van der Waals surface area contributed by atoms with E-state index in [0.717, 1.165) is 9.97 Å². The van der Waals surface area contributed by atoms with E-state index >= 15 is 0 Å². The molecule has 0 fully saturated rings. The molecule has 0 bridgehead atoms. The Morgan fingerprint density at radius 1 is 1.10 bits per heavy atom. The highest BCUT2D eigenvalue weighted by atomic mass is 32.2. The lowest BCUT2D eigenvalue weighted by atomic mass is 9.94. The zero-order valence-corrected chi connectivity index (χ0v) is 19.2. The zero-order valence-electron chi connectivity index (χ0n) is 17.6. The number of amides is 2. The third-order valence-corrected chi connectivity index (χ3v) is 6.27. The van der Waals surface area contributed by atoms with Gasteiger partial charge in [-0.15, -0.1) is 11.8 Å². The molecule has 2 amide bonds. The molecular formula is C21H25N5O3S2. The molecule has 0 aliphatic heterocycles. The Hall–Kier alpha value is -2.85. The van der Waals surface area contributed by atoms with Gasteiger partial charge in [0.15, 0.2) is 5.13 Å². The van der Waals surface area contributed by atoms with Gasteiger partial charge in [0.2, 0.25) is 17.7 Å². The molecule has 3 aromatic rings. The molecule has 0 unspecified atom stereocenters. The molecule has 0 aliphatic rings. The van der Waals surface area contributed by atoms with Gasteiger partial charge in [0, 0.05) is 18.3 Å². The van der Waals surface area contributed by atoms with E-state index in [4.69, 9.17) is 10.2 Å². The smallest absolute Gasteiger partial charge is 0.226 e. The minimum atomic E-state index is -0.274. The molecule has 4 N–H and O–H groups in total. The number of para-hydroxylation sites is 2. The van der Waals surface area contributed by atoms with E-state index in [9.17, 15) is 9.59 Å². The first-order valence-corrected chi connectivity index (χ1v) is 11.5. The number of hydrogen-bond acceptors (Lipinski definition) is 8. The average molecular weight is 460 g/mol. The van der Waals surface area contributed by atoms with E-state index in [1.165, 1.54) is 23.1 Å². The zero-order chi connectivity index (χ0) is 22.4. The van der Waals surface area contributed by atoms with Crippen molar-refractivity contribution in [1.29, 1.82) is 0 Å². The average Bonchev–Trinajstić information content (AvgIpc) is 3.36. The Balaban J connectivity index is 1.42. The lowest BCUT2D eigenvalue weighted by Gasteiger charge is -2.12. The predicted octanol–water partition coefficient (Wildman–Crippen LogP) is 4.66. The van der Waals surface area contributed by atoms with Gasteiger partial charge in [0.1, 0.15) is 5.76 Å². The Morgan fingerprint density at radius 3 is 2.48 bits per heavy atom. The fraction of sp³-hybridized carbons (Fsp3) is 0.333. The van der Waals surface area contributed by atoms with Crippen molar-refractivity contribution in [2.24, 2.45) is 0 Å². The van der Waals surface area contributed by atoms with Crippen molar-refractivity contribution in [2.75, 3.05) is 16.4 Å². The fourth-order valence-electron chi connectivity index (χ4n) is 2.47. The summed E-state index contributed by atoms with van der Waals surface area (Å²) in [6.07, 6.45) is 3.56. The monoisotopic (exact) mass is 459 g/mol. The third-order valence-electron chi connectivity index (χ3n) is 4.18. The topological polar surface area (TPSA) is 123 Å². The van der Waals surface area contributed by atoms with Gasteiger partial charge in [-0.1, -0.05) is 44.2 Å². The van der Waals surface area contributed by atoms with Crippen LogP contribution < -0.4 is 16.4 Å². The number of benzene rings is 1. The number of thioether (sulfide) groups is 1. The second-order valence-corrected chi connectivity index (χ2v) is 10.1. The number of carbonyl (C=O) groups excluding carboxylic acids is 2. The van der Waals surface area contributed by atoms with Crippen molar-refractivity contribution >= 4 is 51.4 Å². The number of nitrogen functional groups attached to an aromatic ring is 1. The molecule has 2 heterocycles. The summed E-state index contributed by atoms with van der Waals surface area (Å²) in [5.41, 5.74) is 6.73. The highest BCUT2D eigenvalue weighted by Gasteiger charge is 2.19. The number of nitrogens with zero attached hydrogens (tertiary/aromatic N) is 2. The maximum absolute atomic E-state index is 12.1. The Kier molecular flexibility index (Phi) is 7.34.